The van der Waals surface area contributed by atoms with Gasteiger partial charge in [0.15, 0.2) is 5.71 Å². The van der Waals surface area contributed by atoms with Crippen LogP contribution in [0.1, 0.15) is 34.1 Å². The molecular formula is C28H34ClN7O3. The maximum absolute atomic E-state index is 12.7. The van der Waals surface area contributed by atoms with Gasteiger partial charge in [-0.25, -0.2) is 0 Å². The number of likely N-dealkylation sites (tertiary alicyclic amines) is 1. The molecule has 1 aliphatic rings. The van der Waals surface area contributed by atoms with Crippen molar-refractivity contribution in [2.75, 3.05) is 18.4 Å². The molecule has 1 aliphatic heterocycles. The minimum absolute atomic E-state index is 0.0691. The molecule has 1 heterocycles. The molecule has 206 valence electrons. The van der Waals surface area contributed by atoms with Gasteiger partial charge < -0.3 is 21.4 Å². The number of benzene rings is 2. The number of nitrogens with one attached hydrogen (secondary N) is 2. The van der Waals surface area contributed by atoms with Crippen molar-refractivity contribution in [3.05, 3.63) is 59.6 Å². The summed E-state index contributed by atoms with van der Waals surface area (Å²) < 4.78 is 0. The molecule has 0 aromatic heterocycles. The number of anilines is 1. The second-order valence-electron chi connectivity index (χ2n) is 10.4. The van der Waals surface area contributed by atoms with Crippen LogP contribution in [0.5, 0.6) is 0 Å². The van der Waals surface area contributed by atoms with Gasteiger partial charge in [-0.3, -0.25) is 19.4 Å². The Morgan fingerprint density at radius 2 is 1.82 bits per heavy atom. The molecule has 2 aromatic rings. The molecule has 0 radical (unpaired) electrons. The van der Waals surface area contributed by atoms with Crippen molar-refractivity contribution in [1.82, 2.24) is 10.2 Å². The number of hydrazone groups is 1. The predicted molar refractivity (Wildman–Crippen MR) is 154 cm³/mol. The normalized spacial score (nSPS) is 17.1. The molecule has 2 aromatic carbocycles. The van der Waals surface area contributed by atoms with Crippen LogP contribution in [0.3, 0.4) is 0 Å². The summed E-state index contributed by atoms with van der Waals surface area (Å²) in [7, 11) is 0. The fourth-order valence-corrected chi connectivity index (χ4v) is 3.56. The Kier molecular flexibility index (Phi) is 11.6. The highest BCUT2D eigenvalue weighted by Crippen LogP contribution is 2.24. The molecular weight excluding hydrogens is 518 g/mol. The van der Waals surface area contributed by atoms with Gasteiger partial charge in [0.1, 0.15) is 6.04 Å². The predicted octanol–water partition coefficient (Wildman–Crippen LogP) is 3.90. The summed E-state index contributed by atoms with van der Waals surface area (Å²) >= 11 is 5.90. The van der Waals surface area contributed by atoms with Gasteiger partial charge in [0, 0.05) is 17.3 Å². The van der Waals surface area contributed by atoms with Gasteiger partial charge in [0.05, 0.1) is 30.4 Å². The second kappa shape index (κ2) is 14.6. The Hall–Kier alpha value is -4.23. The summed E-state index contributed by atoms with van der Waals surface area (Å²) in [6.45, 7) is 8.42. The molecule has 0 saturated carbocycles. The first kappa shape index (κ1) is 31.0. The summed E-state index contributed by atoms with van der Waals surface area (Å²) in [4.78, 5) is 43.0. The standard InChI is InChI=1S/C23H22ClN7O3.C5H12/c24-16-5-4-8-18(10-16)27-12-20(30-26)23(34)28-13-21(32)31-14-15(9-19(31)11-25)22(33)29-17-6-2-1-3-7-17;1-5(2,3)4/h1-8,10,12,15,19H,9,13-14,26H2,(H,28,34)(H,29,33);1-4H3/b27-12?,30-20+;. The molecule has 11 heteroatoms. The van der Waals surface area contributed by atoms with Crippen LogP contribution < -0.4 is 16.5 Å². The minimum atomic E-state index is -0.775. The van der Waals surface area contributed by atoms with Gasteiger partial charge in [-0.1, -0.05) is 63.6 Å². The lowest BCUT2D eigenvalue weighted by Crippen LogP contribution is -2.44. The highest BCUT2D eigenvalue weighted by Gasteiger charge is 2.38. The Morgan fingerprint density at radius 3 is 2.41 bits per heavy atom. The molecule has 0 spiro atoms. The van der Waals surface area contributed by atoms with Crippen LogP contribution in [0.4, 0.5) is 11.4 Å². The van der Waals surface area contributed by atoms with Crippen LogP contribution in [0, 0.1) is 22.7 Å². The number of halogens is 1. The van der Waals surface area contributed by atoms with Crippen molar-refractivity contribution in [2.45, 2.75) is 40.2 Å². The van der Waals surface area contributed by atoms with E-state index in [1.165, 1.54) is 4.90 Å². The third-order valence-corrected chi connectivity index (χ3v) is 5.33. The molecule has 1 saturated heterocycles. The van der Waals surface area contributed by atoms with E-state index in [0.29, 0.717) is 21.8 Å². The average Bonchev–Trinajstić information content (AvgIpc) is 3.32. The number of para-hydroxylation sites is 1. The summed E-state index contributed by atoms with van der Waals surface area (Å²) in [6.07, 6.45) is 1.36. The van der Waals surface area contributed by atoms with E-state index in [1.807, 2.05) is 12.1 Å². The van der Waals surface area contributed by atoms with E-state index in [0.717, 1.165) is 6.21 Å². The molecule has 0 bridgehead atoms. The zero-order chi connectivity index (χ0) is 29.0. The van der Waals surface area contributed by atoms with E-state index in [1.54, 1.807) is 48.5 Å². The monoisotopic (exact) mass is 551 g/mol. The summed E-state index contributed by atoms with van der Waals surface area (Å²) in [5.41, 5.74) is 1.42. The van der Waals surface area contributed by atoms with Gasteiger partial charge in [0.25, 0.3) is 5.91 Å². The quantitative estimate of drug-likeness (QED) is 0.270. The first-order valence-corrected chi connectivity index (χ1v) is 12.7. The van der Waals surface area contributed by atoms with Crippen molar-refractivity contribution in [3.8, 4) is 6.07 Å². The Morgan fingerprint density at radius 1 is 1.15 bits per heavy atom. The van der Waals surface area contributed by atoms with Crippen molar-refractivity contribution in [3.63, 3.8) is 0 Å². The number of carbonyl (C=O) groups is 3. The largest absolute Gasteiger partial charge is 0.342 e. The topological polar surface area (TPSA) is 153 Å². The van der Waals surface area contributed by atoms with Crippen LogP contribution in [0.25, 0.3) is 0 Å². The van der Waals surface area contributed by atoms with E-state index < -0.39 is 30.3 Å². The lowest BCUT2D eigenvalue weighted by Gasteiger charge is -2.19. The average molecular weight is 552 g/mol. The molecule has 39 heavy (non-hydrogen) atoms. The number of nitriles is 1. The number of hydrogen-bond donors (Lipinski definition) is 3. The lowest BCUT2D eigenvalue weighted by molar-refractivity contribution is -0.132. The van der Waals surface area contributed by atoms with Crippen LogP contribution in [-0.4, -0.2) is 53.7 Å². The SMILES string of the molecule is CC(C)(C)C.N#CC1CC(C(=O)Nc2ccccc2)CN1C(=O)CNC(=O)/C(C=Nc1cccc(Cl)c1)=N/N. The molecule has 2 unspecified atom stereocenters. The van der Waals surface area contributed by atoms with E-state index in [4.69, 9.17) is 17.4 Å². The maximum atomic E-state index is 12.7. The van der Waals surface area contributed by atoms with Crippen molar-refractivity contribution in [1.29, 1.82) is 5.26 Å². The molecule has 2 atom stereocenters. The fraction of sp³-hybridized carbons (Fsp3) is 0.357. The lowest BCUT2D eigenvalue weighted by atomic mass is 10.0. The van der Waals surface area contributed by atoms with Gasteiger partial charge in [-0.05, 0) is 42.2 Å². The van der Waals surface area contributed by atoms with Crippen molar-refractivity contribution in [2.24, 2.45) is 27.3 Å². The second-order valence-corrected chi connectivity index (χ2v) is 10.9. The van der Waals surface area contributed by atoms with Gasteiger partial charge >= 0.3 is 0 Å². The van der Waals surface area contributed by atoms with Gasteiger partial charge in [-0.2, -0.15) is 10.4 Å². The van der Waals surface area contributed by atoms with Gasteiger partial charge in [0.2, 0.25) is 11.8 Å². The third-order valence-electron chi connectivity index (χ3n) is 5.10. The Labute approximate surface area is 233 Å². The van der Waals surface area contributed by atoms with Crippen LogP contribution >= 0.6 is 11.6 Å². The van der Waals surface area contributed by atoms with Crippen LogP contribution in [0.15, 0.2) is 64.7 Å². The number of nitrogens with zero attached hydrogens (tertiary/aromatic N) is 4. The number of hydrogen-bond acceptors (Lipinski definition) is 7. The smallest absolute Gasteiger partial charge is 0.273 e. The fourth-order valence-electron chi connectivity index (χ4n) is 3.38. The summed E-state index contributed by atoms with van der Waals surface area (Å²) in [5, 5.41) is 18.5. The van der Waals surface area contributed by atoms with E-state index in [-0.39, 0.29) is 24.6 Å². The molecule has 4 N–H and O–H groups in total. The molecule has 0 aliphatic carbocycles. The summed E-state index contributed by atoms with van der Waals surface area (Å²) in [5.74, 6) is 3.24. The number of amides is 3. The van der Waals surface area contributed by atoms with Crippen molar-refractivity contribution >= 4 is 52.6 Å². The van der Waals surface area contributed by atoms with E-state index >= 15 is 0 Å². The number of carbonyl (C=O) groups excluding carboxylic acids is 3. The molecule has 1 fully saturated rings. The van der Waals surface area contributed by atoms with Gasteiger partial charge in [-0.15, -0.1) is 0 Å². The number of nitrogens with two attached hydrogens (primary N) is 1. The number of rotatable bonds is 7. The Balaban J connectivity index is 0.000000976. The minimum Gasteiger partial charge on any atom is -0.342 e. The Bertz CT molecular complexity index is 1240. The van der Waals surface area contributed by atoms with Crippen molar-refractivity contribution < 1.29 is 14.4 Å². The van der Waals surface area contributed by atoms with E-state index in [2.05, 4.69) is 48.4 Å². The molecule has 3 amide bonds. The maximum Gasteiger partial charge on any atom is 0.273 e. The summed E-state index contributed by atoms with van der Waals surface area (Å²) in [6, 6.07) is 16.8. The first-order chi connectivity index (χ1) is 18.4. The molecule has 10 nitrogen and oxygen atoms in total. The third kappa shape index (κ3) is 11.0. The first-order valence-electron chi connectivity index (χ1n) is 12.3. The molecule has 3 rings (SSSR count). The zero-order valence-corrected chi connectivity index (χ0v) is 23.3. The highest BCUT2D eigenvalue weighted by atomic mass is 35.5. The number of aliphatic imine (C=N–C) groups is 1. The zero-order valence-electron chi connectivity index (χ0n) is 22.5. The van der Waals surface area contributed by atoms with Crippen LogP contribution in [0.2, 0.25) is 5.02 Å². The highest BCUT2D eigenvalue weighted by molar-refractivity contribution is 6.60. The van der Waals surface area contributed by atoms with Crippen LogP contribution in [-0.2, 0) is 14.4 Å². The van der Waals surface area contributed by atoms with E-state index in [9.17, 15) is 19.6 Å².